The van der Waals surface area contributed by atoms with Crippen molar-refractivity contribution in [3.05, 3.63) is 58.3 Å². The number of nitrogens with two attached hydrogens (primary N) is 1. The average molecular weight is 226 g/mol. The normalized spacial score (nSPS) is 11.8. The number of hydrogen-bond donors (Lipinski definition) is 1. The van der Waals surface area contributed by atoms with E-state index in [2.05, 4.69) is 23.6 Å². The van der Waals surface area contributed by atoms with Crippen LogP contribution in [0.4, 0.5) is 0 Å². The van der Waals surface area contributed by atoms with Gasteiger partial charge in [0.1, 0.15) is 0 Å². The standard InChI is InChI=1S/C11H11NS.ClH/c12-11(10-7-4-8-13-10)9-5-2-1-3-6-9;/h1-8,11H,12H2;1H. The molecule has 0 spiro atoms. The fourth-order valence-corrected chi connectivity index (χ4v) is 2.05. The first kappa shape index (κ1) is 11.2. The minimum Gasteiger partial charge on any atom is -0.320 e. The van der Waals surface area contributed by atoms with E-state index in [1.54, 1.807) is 11.3 Å². The Labute approximate surface area is 94.0 Å². The fraction of sp³-hybridized carbons (Fsp3) is 0.0909. The lowest BCUT2D eigenvalue weighted by Crippen LogP contribution is -2.09. The summed E-state index contributed by atoms with van der Waals surface area (Å²) >= 11 is 1.70. The van der Waals surface area contributed by atoms with Gasteiger partial charge in [0.05, 0.1) is 6.04 Å². The number of benzene rings is 1. The van der Waals surface area contributed by atoms with E-state index in [0.29, 0.717) is 0 Å². The van der Waals surface area contributed by atoms with Gasteiger partial charge in [-0.1, -0.05) is 36.4 Å². The van der Waals surface area contributed by atoms with Gasteiger partial charge < -0.3 is 5.73 Å². The van der Waals surface area contributed by atoms with Crippen molar-refractivity contribution in [3.8, 4) is 0 Å². The Morgan fingerprint density at radius 3 is 2.29 bits per heavy atom. The van der Waals surface area contributed by atoms with Crippen LogP contribution >= 0.6 is 23.7 Å². The summed E-state index contributed by atoms with van der Waals surface area (Å²) in [5.41, 5.74) is 7.24. The monoisotopic (exact) mass is 225 g/mol. The molecule has 0 amide bonds. The predicted octanol–water partition coefficient (Wildman–Crippen LogP) is 3.22. The summed E-state index contributed by atoms with van der Waals surface area (Å²) in [4.78, 5) is 1.21. The number of hydrogen-bond acceptors (Lipinski definition) is 2. The third-order valence-electron chi connectivity index (χ3n) is 2.01. The molecule has 0 radical (unpaired) electrons. The average Bonchev–Trinajstić information content (AvgIpc) is 2.71. The molecule has 0 saturated carbocycles. The molecule has 1 aromatic heterocycles. The van der Waals surface area contributed by atoms with Gasteiger partial charge in [-0.15, -0.1) is 23.7 Å². The van der Waals surface area contributed by atoms with Gasteiger partial charge in [-0.05, 0) is 17.0 Å². The number of halogens is 1. The summed E-state index contributed by atoms with van der Waals surface area (Å²) in [5.74, 6) is 0. The van der Waals surface area contributed by atoms with E-state index in [0.717, 1.165) is 0 Å². The molecule has 2 rings (SSSR count). The highest BCUT2D eigenvalue weighted by Crippen LogP contribution is 2.22. The molecular formula is C11H12ClNS. The summed E-state index contributed by atoms with van der Waals surface area (Å²) in [6.45, 7) is 0. The Morgan fingerprint density at radius 2 is 1.71 bits per heavy atom. The summed E-state index contributed by atoms with van der Waals surface area (Å²) in [5, 5.41) is 2.05. The van der Waals surface area contributed by atoms with E-state index in [-0.39, 0.29) is 18.4 Å². The van der Waals surface area contributed by atoms with E-state index >= 15 is 0 Å². The van der Waals surface area contributed by atoms with Gasteiger partial charge >= 0.3 is 0 Å². The van der Waals surface area contributed by atoms with Gasteiger partial charge in [-0.2, -0.15) is 0 Å². The summed E-state index contributed by atoms with van der Waals surface area (Å²) in [6, 6.07) is 14.3. The van der Waals surface area contributed by atoms with Crippen molar-refractivity contribution in [1.82, 2.24) is 0 Å². The predicted molar refractivity (Wildman–Crippen MR) is 64.0 cm³/mol. The Hall–Kier alpha value is -0.830. The van der Waals surface area contributed by atoms with Crippen LogP contribution in [0.25, 0.3) is 0 Å². The van der Waals surface area contributed by atoms with Gasteiger partial charge in [0.15, 0.2) is 0 Å². The number of rotatable bonds is 2. The Morgan fingerprint density at radius 1 is 1.00 bits per heavy atom. The summed E-state index contributed by atoms with van der Waals surface area (Å²) in [6.07, 6.45) is 0. The van der Waals surface area contributed by atoms with Crippen LogP contribution in [-0.2, 0) is 0 Å². The highest BCUT2D eigenvalue weighted by atomic mass is 35.5. The van der Waals surface area contributed by atoms with Crippen LogP contribution in [-0.4, -0.2) is 0 Å². The molecule has 1 heterocycles. The smallest absolute Gasteiger partial charge is 0.0645 e. The van der Waals surface area contributed by atoms with Crippen LogP contribution < -0.4 is 5.73 Å². The van der Waals surface area contributed by atoms with E-state index in [4.69, 9.17) is 5.73 Å². The topological polar surface area (TPSA) is 26.0 Å². The molecule has 0 aliphatic rings. The molecule has 1 aromatic carbocycles. The molecule has 2 aromatic rings. The molecule has 0 aliphatic heterocycles. The van der Waals surface area contributed by atoms with Crippen LogP contribution in [0.5, 0.6) is 0 Å². The lowest BCUT2D eigenvalue weighted by Gasteiger charge is -2.08. The largest absolute Gasteiger partial charge is 0.320 e. The zero-order valence-corrected chi connectivity index (χ0v) is 9.22. The highest BCUT2D eigenvalue weighted by molar-refractivity contribution is 7.10. The van der Waals surface area contributed by atoms with Crippen molar-refractivity contribution in [1.29, 1.82) is 0 Å². The van der Waals surface area contributed by atoms with E-state index in [1.807, 2.05) is 24.3 Å². The molecule has 0 saturated heterocycles. The molecule has 1 nitrogen and oxygen atoms in total. The maximum Gasteiger partial charge on any atom is 0.0645 e. The number of thiophene rings is 1. The van der Waals surface area contributed by atoms with Crippen LogP contribution in [0.2, 0.25) is 0 Å². The summed E-state index contributed by atoms with van der Waals surface area (Å²) < 4.78 is 0. The van der Waals surface area contributed by atoms with Crippen molar-refractivity contribution in [2.45, 2.75) is 6.04 Å². The molecule has 0 bridgehead atoms. The SMILES string of the molecule is Cl.NC(c1ccccc1)c1cccs1. The lowest BCUT2D eigenvalue weighted by molar-refractivity contribution is 0.893. The van der Waals surface area contributed by atoms with Crippen LogP contribution in [0.1, 0.15) is 16.5 Å². The van der Waals surface area contributed by atoms with Crippen LogP contribution in [0, 0.1) is 0 Å². The first-order valence-electron chi connectivity index (χ1n) is 4.22. The van der Waals surface area contributed by atoms with Crippen molar-refractivity contribution in [3.63, 3.8) is 0 Å². The summed E-state index contributed by atoms with van der Waals surface area (Å²) in [7, 11) is 0. The Bertz CT molecular complexity index is 358. The Kier molecular flexibility index (Phi) is 4.14. The molecule has 14 heavy (non-hydrogen) atoms. The van der Waals surface area contributed by atoms with Gasteiger partial charge in [0, 0.05) is 4.88 Å². The quantitative estimate of drug-likeness (QED) is 0.835. The van der Waals surface area contributed by atoms with Gasteiger partial charge in [0.25, 0.3) is 0 Å². The fourth-order valence-electron chi connectivity index (χ4n) is 1.29. The first-order chi connectivity index (χ1) is 6.38. The molecule has 2 N–H and O–H groups in total. The second-order valence-corrected chi connectivity index (χ2v) is 3.88. The van der Waals surface area contributed by atoms with Gasteiger partial charge in [-0.3, -0.25) is 0 Å². The lowest BCUT2D eigenvalue weighted by atomic mass is 10.1. The maximum atomic E-state index is 6.07. The van der Waals surface area contributed by atoms with Crippen LogP contribution in [0.3, 0.4) is 0 Å². The first-order valence-corrected chi connectivity index (χ1v) is 5.10. The van der Waals surface area contributed by atoms with E-state index < -0.39 is 0 Å². The van der Waals surface area contributed by atoms with Gasteiger partial charge in [-0.25, -0.2) is 0 Å². The minimum atomic E-state index is 0. The van der Waals surface area contributed by atoms with E-state index in [9.17, 15) is 0 Å². The molecule has 1 atom stereocenters. The molecule has 1 unspecified atom stereocenters. The van der Waals surface area contributed by atoms with Crippen LogP contribution in [0.15, 0.2) is 47.8 Å². The van der Waals surface area contributed by atoms with Crippen molar-refractivity contribution in [2.75, 3.05) is 0 Å². The molecular weight excluding hydrogens is 214 g/mol. The maximum absolute atomic E-state index is 6.07. The minimum absolute atomic E-state index is 0. The third-order valence-corrected chi connectivity index (χ3v) is 2.96. The van der Waals surface area contributed by atoms with Crippen molar-refractivity contribution < 1.29 is 0 Å². The second-order valence-electron chi connectivity index (χ2n) is 2.90. The molecule has 74 valence electrons. The third kappa shape index (κ3) is 2.35. The molecule has 0 aliphatic carbocycles. The highest BCUT2D eigenvalue weighted by Gasteiger charge is 2.07. The Balaban J connectivity index is 0.000000980. The van der Waals surface area contributed by atoms with Gasteiger partial charge in [0.2, 0.25) is 0 Å². The van der Waals surface area contributed by atoms with E-state index in [1.165, 1.54) is 10.4 Å². The zero-order valence-electron chi connectivity index (χ0n) is 7.59. The molecule has 3 heteroatoms. The second kappa shape index (κ2) is 5.15. The van der Waals surface area contributed by atoms with Crippen molar-refractivity contribution >= 4 is 23.7 Å². The zero-order chi connectivity index (χ0) is 9.10. The molecule has 0 fully saturated rings. The van der Waals surface area contributed by atoms with Crippen molar-refractivity contribution in [2.24, 2.45) is 5.73 Å².